The molecule has 7 heteroatoms. The zero-order valence-electron chi connectivity index (χ0n) is 22.4. The monoisotopic (exact) mass is 536 g/mol. The number of carbonyl (C=O) groups excluding carboxylic acids is 2. The first-order chi connectivity index (χ1) is 19.0. The van der Waals surface area contributed by atoms with Crippen LogP contribution >= 0.6 is 11.8 Å². The highest BCUT2D eigenvalue weighted by molar-refractivity contribution is 7.99. The van der Waals surface area contributed by atoms with Crippen molar-refractivity contribution in [2.75, 3.05) is 5.75 Å². The first kappa shape index (κ1) is 26.7. The van der Waals surface area contributed by atoms with E-state index < -0.39 is 5.91 Å². The zero-order valence-corrected chi connectivity index (χ0v) is 23.2. The number of para-hydroxylation sites is 1. The maximum Gasteiger partial charge on any atom is 0.271 e. The Morgan fingerprint density at radius 2 is 1.77 bits per heavy atom. The maximum absolute atomic E-state index is 13.8. The number of rotatable bonds is 8. The largest absolute Gasteiger partial charge is 0.271 e. The zero-order chi connectivity index (χ0) is 27.4. The number of hydrogen-bond acceptors (Lipinski definition) is 5. The van der Waals surface area contributed by atoms with E-state index in [1.54, 1.807) is 13.0 Å². The fourth-order valence-electron chi connectivity index (χ4n) is 5.22. The van der Waals surface area contributed by atoms with Crippen LogP contribution in [0.15, 0.2) is 82.4 Å². The molecule has 0 saturated heterocycles. The molecule has 39 heavy (non-hydrogen) atoms. The van der Waals surface area contributed by atoms with E-state index in [9.17, 15) is 14.9 Å². The van der Waals surface area contributed by atoms with Crippen LogP contribution in [0.5, 0.6) is 0 Å². The van der Waals surface area contributed by atoms with Crippen molar-refractivity contribution in [2.24, 2.45) is 0 Å². The number of hydrogen-bond donors (Lipinski definition) is 0. The molecular formula is C32H32N4O2S. The standard InChI is InChI=1S/C32H32N4O2S/c1-3-4-18-39-27-16-14-23(15-17-27)30-24(21-35(34-30)25-10-6-5-7-11-25)19-28-22(2)29(20-33)32(38)36(31(28)37)26-12-8-9-13-26/h5-7,10-11,14-17,19,21,26H,3-4,8-9,12-13,18H2,1-2H3/b28-19+. The lowest BCUT2D eigenvalue weighted by Crippen LogP contribution is -2.47. The van der Waals surface area contributed by atoms with Crippen LogP contribution in [0.25, 0.3) is 23.0 Å². The van der Waals surface area contributed by atoms with Gasteiger partial charge in [-0.2, -0.15) is 10.4 Å². The van der Waals surface area contributed by atoms with Crippen LogP contribution < -0.4 is 0 Å². The van der Waals surface area contributed by atoms with E-state index in [0.29, 0.717) is 11.1 Å². The first-order valence-corrected chi connectivity index (χ1v) is 14.6. The van der Waals surface area contributed by atoms with Gasteiger partial charge in [-0.25, -0.2) is 4.68 Å². The minimum Gasteiger partial charge on any atom is -0.271 e. The highest BCUT2D eigenvalue weighted by Gasteiger charge is 2.40. The van der Waals surface area contributed by atoms with Gasteiger partial charge >= 0.3 is 0 Å². The second kappa shape index (κ2) is 11.9. The molecule has 1 aliphatic carbocycles. The van der Waals surface area contributed by atoms with Gasteiger partial charge in [-0.05, 0) is 67.9 Å². The molecule has 0 radical (unpaired) electrons. The number of unbranched alkanes of at least 4 members (excludes halogenated alkanes) is 1. The Kier molecular flexibility index (Phi) is 8.13. The second-order valence-electron chi connectivity index (χ2n) is 10.0. The number of nitriles is 1. The number of nitrogens with zero attached hydrogens (tertiary/aromatic N) is 4. The van der Waals surface area contributed by atoms with Crippen molar-refractivity contribution in [1.29, 1.82) is 5.26 Å². The van der Waals surface area contributed by atoms with Crippen LogP contribution in [0, 0.1) is 11.3 Å². The van der Waals surface area contributed by atoms with Crippen LogP contribution in [-0.2, 0) is 9.59 Å². The molecule has 0 spiro atoms. The molecule has 1 saturated carbocycles. The molecule has 1 fully saturated rings. The third-order valence-electron chi connectivity index (χ3n) is 7.42. The molecule has 2 amide bonds. The lowest BCUT2D eigenvalue weighted by molar-refractivity contribution is -0.143. The molecule has 6 nitrogen and oxygen atoms in total. The first-order valence-electron chi connectivity index (χ1n) is 13.6. The molecule has 2 aromatic carbocycles. The van der Waals surface area contributed by atoms with Crippen LogP contribution in [-0.4, -0.2) is 38.3 Å². The maximum atomic E-state index is 13.8. The molecule has 198 valence electrons. The van der Waals surface area contributed by atoms with Gasteiger partial charge in [0, 0.05) is 33.8 Å². The van der Waals surface area contributed by atoms with Gasteiger partial charge in [0.1, 0.15) is 11.6 Å². The number of aromatic nitrogens is 2. The fourth-order valence-corrected chi connectivity index (χ4v) is 6.22. The summed E-state index contributed by atoms with van der Waals surface area (Å²) in [6.45, 7) is 3.88. The summed E-state index contributed by atoms with van der Waals surface area (Å²) in [7, 11) is 0. The summed E-state index contributed by atoms with van der Waals surface area (Å²) in [5, 5.41) is 14.8. The molecule has 3 aromatic rings. The Balaban J connectivity index is 1.60. The Labute approximate surface area is 234 Å². The van der Waals surface area contributed by atoms with Crippen LogP contribution in [0.3, 0.4) is 0 Å². The Morgan fingerprint density at radius 1 is 1.05 bits per heavy atom. The lowest BCUT2D eigenvalue weighted by atomic mass is 9.92. The van der Waals surface area contributed by atoms with E-state index in [1.807, 2.05) is 53.0 Å². The summed E-state index contributed by atoms with van der Waals surface area (Å²) < 4.78 is 1.81. The van der Waals surface area contributed by atoms with Crippen molar-refractivity contribution in [2.45, 2.75) is 63.3 Å². The lowest BCUT2D eigenvalue weighted by Gasteiger charge is -2.32. The van der Waals surface area contributed by atoms with Gasteiger partial charge in [0.15, 0.2) is 0 Å². The van der Waals surface area contributed by atoms with Gasteiger partial charge in [0.05, 0.1) is 11.4 Å². The average Bonchev–Trinajstić information content (AvgIpc) is 3.63. The van der Waals surface area contributed by atoms with Crippen molar-refractivity contribution >= 4 is 29.7 Å². The van der Waals surface area contributed by atoms with Crippen molar-refractivity contribution in [3.05, 3.63) is 83.1 Å². The molecular weight excluding hydrogens is 504 g/mol. The molecule has 2 heterocycles. The van der Waals surface area contributed by atoms with E-state index in [0.717, 1.165) is 53.9 Å². The topological polar surface area (TPSA) is 79.0 Å². The quantitative estimate of drug-likeness (QED) is 0.134. The number of thioether (sulfide) groups is 1. The van der Waals surface area contributed by atoms with E-state index >= 15 is 0 Å². The van der Waals surface area contributed by atoms with Crippen molar-refractivity contribution in [3.63, 3.8) is 0 Å². The molecule has 1 aromatic heterocycles. The predicted octanol–water partition coefficient (Wildman–Crippen LogP) is 6.97. The number of carbonyl (C=O) groups is 2. The summed E-state index contributed by atoms with van der Waals surface area (Å²) in [6, 6.07) is 20.1. The summed E-state index contributed by atoms with van der Waals surface area (Å²) >= 11 is 1.84. The Hall–Kier alpha value is -3.89. The normalized spacial score (nSPS) is 17.4. The molecule has 0 atom stereocenters. The van der Waals surface area contributed by atoms with Crippen molar-refractivity contribution < 1.29 is 9.59 Å². The van der Waals surface area contributed by atoms with Crippen LogP contribution in [0.4, 0.5) is 0 Å². The van der Waals surface area contributed by atoms with Gasteiger partial charge in [-0.15, -0.1) is 11.8 Å². The van der Waals surface area contributed by atoms with Crippen molar-refractivity contribution in [3.8, 4) is 23.0 Å². The molecule has 1 aliphatic heterocycles. The summed E-state index contributed by atoms with van der Waals surface area (Å²) in [4.78, 5) is 29.4. The van der Waals surface area contributed by atoms with Gasteiger partial charge in [0.25, 0.3) is 11.8 Å². The summed E-state index contributed by atoms with van der Waals surface area (Å²) in [5.74, 6) is 0.283. The summed E-state index contributed by atoms with van der Waals surface area (Å²) in [6.07, 6.45) is 9.57. The van der Waals surface area contributed by atoms with Crippen LogP contribution in [0.2, 0.25) is 0 Å². The van der Waals surface area contributed by atoms with E-state index in [1.165, 1.54) is 22.6 Å². The van der Waals surface area contributed by atoms with Gasteiger partial charge in [-0.1, -0.05) is 56.5 Å². The third-order valence-corrected chi connectivity index (χ3v) is 8.52. The smallest absolute Gasteiger partial charge is 0.271 e. The molecule has 0 N–H and O–H groups in total. The van der Waals surface area contributed by atoms with E-state index in [4.69, 9.17) is 5.10 Å². The number of amides is 2. The Morgan fingerprint density at radius 3 is 2.44 bits per heavy atom. The van der Waals surface area contributed by atoms with Crippen molar-refractivity contribution in [1.82, 2.24) is 14.7 Å². The minimum atomic E-state index is -0.472. The van der Waals surface area contributed by atoms with Gasteiger partial charge in [-0.3, -0.25) is 14.5 Å². The van der Waals surface area contributed by atoms with Gasteiger partial charge < -0.3 is 0 Å². The number of benzene rings is 2. The van der Waals surface area contributed by atoms with E-state index in [2.05, 4.69) is 37.3 Å². The molecule has 2 aliphatic rings. The minimum absolute atomic E-state index is 0.0400. The fraction of sp³-hybridized carbons (Fsp3) is 0.312. The van der Waals surface area contributed by atoms with E-state index in [-0.39, 0.29) is 17.5 Å². The van der Waals surface area contributed by atoms with Crippen LogP contribution in [0.1, 0.15) is 57.9 Å². The Bertz CT molecular complexity index is 1470. The highest BCUT2D eigenvalue weighted by Crippen LogP contribution is 2.35. The summed E-state index contributed by atoms with van der Waals surface area (Å²) in [5.41, 5.74) is 4.16. The molecule has 5 rings (SSSR count). The molecule has 0 bridgehead atoms. The average molecular weight is 537 g/mol. The second-order valence-corrected chi connectivity index (χ2v) is 11.2. The predicted molar refractivity (Wildman–Crippen MR) is 155 cm³/mol. The third kappa shape index (κ3) is 5.48. The highest BCUT2D eigenvalue weighted by atomic mass is 32.2. The van der Waals surface area contributed by atoms with Gasteiger partial charge in [0.2, 0.25) is 0 Å². The SMILES string of the molecule is CCCCSc1ccc(-c2nn(-c3ccccc3)cc2/C=C2/C(=O)N(C3CCCC3)C(=O)C(C#N)=C2C)cc1. The molecule has 0 unspecified atom stereocenters. The number of imide groups is 1.